The van der Waals surface area contributed by atoms with E-state index in [9.17, 15) is 16.8 Å². The fraction of sp³-hybridized carbons (Fsp3) is 0.200. The maximum Gasteiger partial charge on any atom is 0.394 e. The van der Waals surface area contributed by atoms with Crippen LogP contribution in [-0.2, 0) is 43.5 Å². The van der Waals surface area contributed by atoms with E-state index in [1.54, 1.807) is 48.5 Å². The number of hydrogen-bond acceptors (Lipinski definition) is 10. The summed E-state index contributed by atoms with van der Waals surface area (Å²) in [6, 6.07) is 32.7. The summed E-state index contributed by atoms with van der Waals surface area (Å²) in [7, 11) is -11.3. The van der Waals surface area contributed by atoms with Crippen LogP contribution in [0.1, 0.15) is 11.1 Å². The highest BCUT2D eigenvalue weighted by Gasteiger charge is 2.10. The lowest BCUT2D eigenvalue weighted by Gasteiger charge is -2.09. The molecule has 0 bridgehead atoms. The predicted octanol–water partition coefficient (Wildman–Crippen LogP) is 2.95. The predicted molar refractivity (Wildman–Crippen MR) is 187 cm³/mol. The highest BCUT2D eigenvalue weighted by molar-refractivity contribution is 7.93. The first-order valence-electron chi connectivity index (χ1n) is 14.0. The van der Waals surface area contributed by atoms with Crippen LogP contribution in [0.2, 0.25) is 0 Å². The third-order valence-electron chi connectivity index (χ3n) is 5.81. The maximum atomic E-state index is 11.9. The first-order valence-corrected chi connectivity index (χ1v) is 18.7. The number of benzene rings is 4. The third-order valence-corrected chi connectivity index (χ3v) is 8.38. The molecule has 256 valence electrons. The van der Waals surface area contributed by atoms with E-state index in [4.69, 9.17) is 29.0 Å². The zero-order valence-corrected chi connectivity index (χ0v) is 27.8. The molecule has 4 aromatic rings. The Bertz CT molecular complexity index is 1670. The average molecular weight is 709 g/mol. The summed E-state index contributed by atoms with van der Waals surface area (Å²) in [6.07, 6.45) is 0. The molecule has 0 aromatic heterocycles. The van der Waals surface area contributed by atoms with Crippen molar-refractivity contribution in [2.45, 2.75) is 13.1 Å². The van der Waals surface area contributed by atoms with Gasteiger partial charge >= 0.3 is 10.4 Å². The minimum Gasteiger partial charge on any atom is -0.399 e. The van der Waals surface area contributed by atoms with E-state index in [-0.39, 0.29) is 11.5 Å². The number of nitrogens with one attached hydrogen (secondary N) is 4. The van der Waals surface area contributed by atoms with Crippen molar-refractivity contribution in [3.05, 3.63) is 120 Å². The Balaban J connectivity index is 0.000000286. The Kier molecular flexibility index (Phi) is 16.1. The number of anilines is 4. The van der Waals surface area contributed by atoms with Crippen molar-refractivity contribution in [1.82, 2.24) is 10.6 Å². The average Bonchev–Trinajstić information content (AvgIpc) is 2.99. The van der Waals surface area contributed by atoms with Crippen LogP contribution >= 0.6 is 0 Å². The Labute approximate surface area is 276 Å². The van der Waals surface area contributed by atoms with Gasteiger partial charge in [0.1, 0.15) is 0 Å². The van der Waals surface area contributed by atoms with Gasteiger partial charge in [-0.05, 0) is 59.7 Å². The summed E-state index contributed by atoms with van der Waals surface area (Å²) in [4.78, 5) is 0. The molecular formula is C30H40N6O8S3. The molecule has 0 atom stereocenters. The van der Waals surface area contributed by atoms with Crippen molar-refractivity contribution >= 4 is 53.2 Å². The second-order valence-corrected chi connectivity index (χ2v) is 14.4. The minimum atomic E-state index is -4.67. The Morgan fingerprint density at radius 2 is 0.787 bits per heavy atom. The summed E-state index contributed by atoms with van der Waals surface area (Å²) >= 11 is 0. The van der Waals surface area contributed by atoms with Crippen molar-refractivity contribution in [2.75, 3.05) is 45.5 Å². The van der Waals surface area contributed by atoms with Crippen LogP contribution in [0.5, 0.6) is 0 Å². The molecule has 17 heteroatoms. The van der Waals surface area contributed by atoms with Crippen molar-refractivity contribution in [3.63, 3.8) is 0 Å². The van der Waals surface area contributed by atoms with Crippen LogP contribution in [0.25, 0.3) is 0 Å². The summed E-state index contributed by atoms with van der Waals surface area (Å²) < 4.78 is 84.2. The standard InChI is InChI=1S/2C15H19N3O2S.H2O4S/c2*16-14-8-6-13(7-9-14)12-17-10-11-21(19,20)18-15-4-2-1-3-5-15;1-5(2,3)4/h2*1-9,17-18H,10-12,16H2;(H2,1,2,3,4). The highest BCUT2D eigenvalue weighted by Crippen LogP contribution is 2.09. The number of para-hydroxylation sites is 2. The molecule has 4 aromatic carbocycles. The molecule has 4 rings (SSSR count). The fourth-order valence-corrected chi connectivity index (χ4v) is 5.64. The van der Waals surface area contributed by atoms with Gasteiger partial charge in [0.2, 0.25) is 20.0 Å². The van der Waals surface area contributed by atoms with E-state index >= 15 is 0 Å². The van der Waals surface area contributed by atoms with Crippen molar-refractivity contribution < 1.29 is 34.4 Å². The first-order chi connectivity index (χ1) is 22.1. The van der Waals surface area contributed by atoms with Crippen molar-refractivity contribution in [3.8, 4) is 0 Å². The van der Waals surface area contributed by atoms with E-state index < -0.39 is 30.4 Å². The molecule has 0 spiro atoms. The minimum absolute atomic E-state index is 0.0247. The van der Waals surface area contributed by atoms with Gasteiger partial charge in [-0.2, -0.15) is 8.42 Å². The van der Waals surface area contributed by atoms with E-state index in [1.165, 1.54) is 0 Å². The number of rotatable bonds is 14. The Hall–Kier alpha value is -4.23. The van der Waals surface area contributed by atoms with E-state index in [2.05, 4.69) is 20.1 Å². The van der Waals surface area contributed by atoms with E-state index in [0.717, 1.165) is 11.1 Å². The molecule has 14 nitrogen and oxygen atoms in total. The molecular weight excluding hydrogens is 669 g/mol. The third kappa shape index (κ3) is 19.8. The lowest BCUT2D eigenvalue weighted by Crippen LogP contribution is -2.26. The molecule has 0 unspecified atom stereocenters. The topological polar surface area (TPSA) is 243 Å². The van der Waals surface area contributed by atoms with Gasteiger partial charge in [0, 0.05) is 48.9 Å². The van der Waals surface area contributed by atoms with Gasteiger partial charge in [-0.1, -0.05) is 60.7 Å². The quantitative estimate of drug-likeness (QED) is 0.0536. The van der Waals surface area contributed by atoms with Crippen molar-refractivity contribution in [2.24, 2.45) is 0 Å². The second kappa shape index (κ2) is 19.4. The molecule has 0 saturated carbocycles. The van der Waals surface area contributed by atoms with Crippen LogP contribution in [-0.4, -0.2) is 59.0 Å². The van der Waals surface area contributed by atoms with Gasteiger partial charge in [0.05, 0.1) is 11.5 Å². The number of hydrogen-bond donors (Lipinski definition) is 8. The number of nitrogens with two attached hydrogens (primary N) is 2. The normalized spacial score (nSPS) is 11.3. The zero-order chi connectivity index (χ0) is 34.8. The summed E-state index contributed by atoms with van der Waals surface area (Å²) in [5, 5.41) is 6.21. The van der Waals surface area contributed by atoms with Crippen LogP contribution in [0.15, 0.2) is 109 Å². The van der Waals surface area contributed by atoms with Crippen LogP contribution in [0, 0.1) is 0 Å². The van der Waals surface area contributed by atoms with Gasteiger partial charge in [0.15, 0.2) is 0 Å². The van der Waals surface area contributed by atoms with Crippen molar-refractivity contribution in [1.29, 1.82) is 0 Å². The largest absolute Gasteiger partial charge is 0.399 e. The molecule has 0 heterocycles. The first kappa shape index (κ1) is 39.0. The van der Waals surface area contributed by atoms with E-state index in [1.807, 2.05) is 60.7 Å². The molecule has 47 heavy (non-hydrogen) atoms. The molecule has 0 aliphatic heterocycles. The molecule has 0 aliphatic carbocycles. The lowest BCUT2D eigenvalue weighted by atomic mass is 10.2. The SMILES string of the molecule is Nc1ccc(CNCCS(=O)(=O)Nc2ccccc2)cc1.Nc1ccc(CNCCS(=O)(=O)Nc2ccccc2)cc1.O=S(=O)(O)O. The highest BCUT2D eigenvalue weighted by atomic mass is 32.3. The maximum absolute atomic E-state index is 11.9. The van der Waals surface area contributed by atoms with Gasteiger partial charge in [-0.3, -0.25) is 18.5 Å². The molecule has 0 fully saturated rings. The van der Waals surface area contributed by atoms with Gasteiger partial charge < -0.3 is 22.1 Å². The summed E-state index contributed by atoms with van der Waals surface area (Å²) in [5.41, 5.74) is 15.9. The molecule has 0 radical (unpaired) electrons. The van der Waals surface area contributed by atoms with Crippen LogP contribution < -0.4 is 31.5 Å². The molecule has 0 amide bonds. The fourth-order valence-electron chi connectivity index (χ4n) is 3.62. The molecule has 0 aliphatic rings. The Morgan fingerprint density at radius 1 is 0.489 bits per heavy atom. The monoisotopic (exact) mass is 708 g/mol. The van der Waals surface area contributed by atoms with Gasteiger partial charge in [-0.25, -0.2) is 16.8 Å². The van der Waals surface area contributed by atoms with Gasteiger partial charge in [-0.15, -0.1) is 0 Å². The second-order valence-electron chi connectivity index (χ2n) is 9.86. The van der Waals surface area contributed by atoms with Crippen LogP contribution in [0.4, 0.5) is 22.7 Å². The molecule has 10 N–H and O–H groups in total. The summed E-state index contributed by atoms with van der Waals surface area (Å²) in [5.74, 6) is 0.0493. The van der Waals surface area contributed by atoms with E-state index in [0.29, 0.717) is 48.9 Å². The number of nitrogen functional groups attached to an aromatic ring is 2. The Morgan fingerprint density at radius 3 is 1.09 bits per heavy atom. The number of sulfonamides is 2. The van der Waals surface area contributed by atoms with Gasteiger partial charge in [0.25, 0.3) is 0 Å². The smallest absolute Gasteiger partial charge is 0.394 e. The lowest BCUT2D eigenvalue weighted by molar-refractivity contribution is 0.381. The summed E-state index contributed by atoms with van der Waals surface area (Å²) in [6.45, 7) is 1.99. The molecule has 0 saturated heterocycles. The zero-order valence-electron chi connectivity index (χ0n) is 25.4. The van der Waals surface area contributed by atoms with Crippen LogP contribution in [0.3, 0.4) is 0 Å².